The Balaban J connectivity index is 1.78. The lowest BCUT2D eigenvalue weighted by molar-refractivity contribution is 0.0733. The van der Waals surface area contributed by atoms with Crippen LogP contribution in [0.2, 0.25) is 0 Å². The van der Waals surface area contributed by atoms with E-state index in [9.17, 15) is 5.11 Å². The Morgan fingerprint density at radius 1 is 1.31 bits per heavy atom. The number of hydrogen-bond acceptors (Lipinski definition) is 3. The molecule has 0 saturated heterocycles. The molecule has 3 atom stereocenters. The number of hydrogen-bond donors (Lipinski definition) is 1. The van der Waals surface area contributed by atoms with Gasteiger partial charge in [0.15, 0.2) is 5.82 Å². The molecular weight excluding hydrogens is 202 g/mol. The summed E-state index contributed by atoms with van der Waals surface area (Å²) in [5, 5.41) is 14.3. The Bertz CT molecular complexity index is 372. The second-order valence-electron chi connectivity index (χ2n) is 5.37. The average Bonchev–Trinajstić information content (AvgIpc) is 3.01. The Morgan fingerprint density at radius 2 is 2.12 bits per heavy atom. The van der Waals surface area contributed by atoms with Crippen molar-refractivity contribution in [3.63, 3.8) is 0 Å². The molecule has 0 aliphatic heterocycles. The first-order chi connectivity index (χ1) is 7.74. The molecule has 1 aromatic rings. The molecule has 1 aromatic heterocycles. The third-order valence-electron chi connectivity index (χ3n) is 3.93. The van der Waals surface area contributed by atoms with E-state index in [1.54, 1.807) is 0 Å². The predicted octanol–water partition coefficient (Wildman–Crippen LogP) is 1.88. The zero-order valence-electron chi connectivity index (χ0n) is 9.71. The fraction of sp³-hybridized carbons (Fsp3) is 0.833. The molecule has 2 aliphatic carbocycles. The zero-order chi connectivity index (χ0) is 11.1. The highest BCUT2D eigenvalue weighted by atomic mass is 16.3. The van der Waals surface area contributed by atoms with Crippen LogP contribution in [-0.2, 0) is 0 Å². The van der Waals surface area contributed by atoms with Crippen molar-refractivity contribution in [1.29, 1.82) is 0 Å². The van der Waals surface area contributed by atoms with Gasteiger partial charge in [-0.25, -0.2) is 9.67 Å². The minimum Gasteiger partial charge on any atom is -0.393 e. The minimum atomic E-state index is -0.158. The molecule has 4 heteroatoms. The highest BCUT2D eigenvalue weighted by Gasteiger charge is 2.31. The van der Waals surface area contributed by atoms with Gasteiger partial charge in [0.2, 0.25) is 0 Å². The maximum atomic E-state index is 9.73. The molecule has 2 saturated carbocycles. The van der Waals surface area contributed by atoms with E-state index in [0.29, 0.717) is 17.9 Å². The smallest absolute Gasteiger partial charge is 0.153 e. The number of rotatable bonds is 2. The largest absolute Gasteiger partial charge is 0.393 e. The quantitative estimate of drug-likeness (QED) is 0.829. The third kappa shape index (κ3) is 1.86. The monoisotopic (exact) mass is 221 g/mol. The first-order valence-corrected chi connectivity index (χ1v) is 6.33. The van der Waals surface area contributed by atoms with E-state index in [4.69, 9.17) is 0 Å². The Kier molecular flexibility index (Phi) is 2.46. The van der Waals surface area contributed by atoms with E-state index >= 15 is 0 Å². The molecule has 0 spiro atoms. The van der Waals surface area contributed by atoms with Crippen molar-refractivity contribution >= 4 is 0 Å². The fourth-order valence-electron chi connectivity index (χ4n) is 2.62. The number of aromatic nitrogens is 3. The van der Waals surface area contributed by atoms with Gasteiger partial charge in [0, 0.05) is 5.92 Å². The van der Waals surface area contributed by atoms with Crippen LogP contribution in [0.25, 0.3) is 0 Å². The van der Waals surface area contributed by atoms with Crippen molar-refractivity contribution in [2.75, 3.05) is 0 Å². The van der Waals surface area contributed by atoms with E-state index in [1.165, 1.54) is 12.8 Å². The normalized spacial score (nSPS) is 35.2. The molecule has 4 nitrogen and oxygen atoms in total. The molecule has 2 aliphatic rings. The number of aliphatic hydroxyl groups is 1. The van der Waals surface area contributed by atoms with Crippen LogP contribution in [0.4, 0.5) is 0 Å². The number of nitrogens with zero attached hydrogens (tertiary/aromatic N) is 3. The van der Waals surface area contributed by atoms with E-state index in [0.717, 1.165) is 25.1 Å². The molecule has 3 rings (SSSR count). The Hall–Kier alpha value is -0.900. The summed E-state index contributed by atoms with van der Waals surface area (Å²) in [6.07, 6.45) is 7.03. The summed E-state index contributed by atoms with van der Waals surface area (Å²) in [5.74, 6) is 2.22. The van der Waals surface area contributed by atoms with Gasteiger partial charge >= 0.3 is 0 Å². The molecule has 0 aromatic carbocycles. The van der Waals surface area contributed by atoms with Crippen LogP contribution in [0, 0.1) is 5.92 Å². The number of aliphatic hydroxyl groups excluding tert-OH is 1. The van der Waals surface area contributed by atoms with Gasteiger partial charge in [-0.3, -0.25) is 0 Å². The highest BCUT2D eigenvalue weighted by molar-refractivity contribution is 5.03. The second kappa shape index (κ2) is 3.84. The Labute approximate surface area is 95.7 Å². The van der Waals surface area contributed by atoms with Gasteiger partial charge in [-0.2, -0.15) is 5.10 Å². The van der Waals surface area contributed by atoms with Gasteiger partial charge in [0.05, 0.1) is 12.1 Å². The Morgan fingerprint density at radius 3 is 2.88 bits per heavy atom. The molecular formula is C12H19N3O. The van der Waals surface area contributed by atoms with Crippen LogP contribution >= 0.6 is 0 Å². The van der Waals surface area contributed by atoms with E-state index < -0.39 is 0 Å². The van der Waals surface area contributed by atoms with Gasteiger partial charge in [-0.05, 0) is 38.0 Å². The summed E-state index contributed by atoms with van der Waals surface area (Å²) >= 11 is 0. The lowest BCUT2D eigenvalue weighted by Gasteiger charge is -2.31. The minimum absolute atomic E-state index is 0.158. The predicted molar refractivity (Wildman–Crippen MR) is 60.1 cm³/mol. The topological polar surface area (TPSA) is 50.9 Å². The summed E-state index contributed by atoms with van der Waals surface area (Å²) < 4.78 is 1.99. The molecule has 0 radical (unpaired) electrons. The second-order valence-corrected chi connectivity index (χ2v) is 5.37. The lowest BCUT2D eigenvalue weighted by Crippen LogP contribution is -2.29. The molecule has 1 N–H and O–H groups in total. The van der Waals surface area contributed by atoms with Gasteiger partial charge in [0.1, 0.15) is 6.33 Å². The van der Waals surface area contributed by atoms with Crippen molar-refractivity contribution in [2.45, 2.75) is 57.1 Å². The van der Waals surface area contributed by atoms with Crippen molar-refractivity contribution < 1.29 is 5.11 Å². The third-order valence-corrected chi connectivity index (χ3v) is 3.93. The van der Waals surface area contributed by atoms with Crippen molar-refractivity contribution in [1.82, 2.24) is 14.8 Å². The van der Waals surface area contributed by atoms with Crippen LogP contribution in [0.3, 0.4) is 0 Å². The van der Waals surface area contributed by atoms with Crippen LogP contribution in [0.15, 0.2) is 6.33 Å². The molecule has 1 heterocycles. The van der Waals surface area contributed by atoms with Crippen molar-refractivity contribution in [3.05, 3.63) is 12.2 Å². The summed E-state index contributed by atoms with van der Waals surface area (Å²) in [4.78, 5) is 4.38. The molecule has 2 fully saturated rings. The van der Waals surface area contributed by atoms with Crippen LogP contribution < -0.4 is 0 Å². The highest BCUT2D eigenvalue weighted by Crippen LogP contribution is 2.39. The summed E-state index contributed by atoms with van der Waals surface area (Å²) in [6, 6.07) is 0.337. The first-order valence-electron chi connectivity index (χ1n) is 6.33. The van der Waals surface area contributed by atoms with E-state index in [-0.39, 0.29) is 6.10 Å². The standard InChI is InChI=1S/C12H19N3O/c1-8-2-5-10(16)6-11(8)15-7-13-12(14-15)9-3-4-9/h7-11,16H,2-6H2,1H3. The van der Waals surface area contributed by atoms with Crippen LogP contribution in [0.1, 0.15) is 56.8 Å². The molecule has 88 valence electrons. The maximum absolute atomic E-state index is 9.73. The average molecular weight is 221 g/mol. The summed E-state index contributed by atoms with van der Waals surface area (Å²) in [7, 11) is 0. The van der Waals surface area contributed by atoms with Gasteiger partial charge in [-0.15, -0.1) is 0 Å². The summed E-state index contributed by atoms with van der Waals surface area (Å²) in [5.41, 5.74) is 0. The van der Waals surface area contributed by atoms with Crippen LogP contribution in [0.5, 0.6) is 0 Å². The van der Waals surface area contributed by atoms with Crippen molar-refractivity contribution in [3.8, 4) is 0 Å². The zero-order valence-corrected chi connectivity index (χ0v) is 9.71. The lowest BCUT2D eigenvalue weighted by atomic mass is 9.84. The maximum Gasteiger partial charge on any atom is 0.153 e. The molecule has 0 amide bonds. The molecule has 3 unspecified atom stereocenters. The summed E-state index contributed by atoms with van der Waals surface area (Å²) in [6.45, 7) is 2.25. The van der Waals surface area contributed by atoms with E-state index in [1.807, 2.05) is 11.0 Å². The van der Waals surface area contributed by atoms with Gasteiger partial charge < -0.3 is 5.11 Å². The molecule has 0 bridgehead atoms. The van der Waals surface area contributed by atoms with Crippen LogP contribution in [-0.4, -0.2) is 26.0 Å². The molecule has 16 heavy (non-hydrogen) atoms. The first kappa shape index (κ1) is 10.3. The van der Waals surface area contributed by atoms with Crippen molar-refractivity contribution in [2.24, 2.45) is 5.92 Å². The fourth-order valence-corrected chi connectivity index (χ4v) is 2.62. The van der Waals surface area contributed by atoms with E-state index in [2.05, 4.69) is 17.0 Å². The van der Waals surface area contributed by atoms with Gasteiger partial charge in [-0.1, -0.05) is 6.92 Å². The SMILES string of the molecule is CC1CCC(O)CC1n1cnc(C2CC2)n1. The van der Waals surface area contributed by atoms with Gasteiger partial charge in [0.25, 0.3) is 0 Å².